The van der Waals surface area contributed by atoms with Gasteiger partial charge in [0.25, 0.3) is 5.56 Å². The van der Waals surface area contributed by atoms with Crippen LogP contribution in [-0.2, 0) is 32.2 Å². The van der Waals surface area contributed by atoms with Gasteiger partial charge in [-0.15, -0.1) is 0 Å². The molecule has 4 N–H and O–H groups in total. The first kappa shape index (κ1) is 28.3. The molecule has 2 rings (SSSR count). The number of methoxy groups -OCH3 is 1. The number of benzene rings is 1. The van der Waals surface area contributed by atoms with E-state index in [9.17, 15) is 24.0 Å². The zero-order valence-electron chi connectivity index (χ0n) is 20.5. The van der Waals surface area contributed by atoms with Gasteiger partial charge in [0.15, 0.2) is 0 Å². The molecule has 0 aliphatic rings. The van der Waals surface area contributed by atoms with Crippen molar-refractivity contribution in [3.8, 4) is 0 Å². The highest BCUT2D eigenvalue weighted by Gasteiger charge is 2.21. The highest BCUT2D eigenvalue weighted by atomic mass is 16.5. The van der Waals surface area contributed by atoms with E-state index >= 15 is 0 Å². The molecule has 1 aromatic carbocycles. The molecule has 1 heterocycles. The number of nitrogens with one attached hydrogen (secondary N) is 2. The molecule has 36 heavy (non-hydrogen) atoms. The molecular formula is C24H33N5O7. The largest absolute Gasteiger partial charge is 0.468 e. The third-order valence-corrected chi connectivity index (χ3v) is 5.33. The van der Waals surface area contributed by atoms with Crippen LogP contribution in [0.25, 0.3) is 0 Å². The summed E-state index contributed by atoms with van der Waals surface area (Å²) in [5.74, 6) is -1.15. The van der Waals surface area contributed by atoms with Gasteiger partial charge in [-0.2, -0.15) is 0 Å². The van der Waals surface area contributed by atoms with Gasteiger partial charge in [0, 0.05) is 30.9 Å². The molecule has 12 nitrogen and oxygen atoms in total. The molecule has 0 fully saturated rings. The van der Waals surface area contributed by atoms with Crippen LogP contribution in [0.5, 0.6) is 0 Å². The summed E-state index contributed by atoms with van der Waals surface area (Å²) in [5, 5.41) is 2.68. The van der Waals surface area contributed by atoms with Crippen LogP contribution < -0.4 is 22.3 Å². The molecule has 0 spiro atoms. The number of unbranched alkanes of at least 4 members (excludes halogenated alkanes) is 1. The van der Waals surface area contributed by atoms with Crippen LogP contribution in [0.4, 0.5) is 4.79 Å². The number of alkyl carbamates (subject to hydrolysis) is 1. The highest BCUT2D eigenvalue weighted by Crippen LogP contribution is 2.04. The van der Waals surface area contributed by atoms with Crippen LogP contribution in [0.1, 0.15) is 30.4 Å². The van der Waals surface area contributed by atoms with Crippen molar-refractivity contribution >= 4 is 18.0 Å². The predicted octanol–water partition coefficient (Wildman–Crippen LogP) is 0.271. The average Bonchev–Trinajstić information content (AvgIpc) is 2.85. The predicted molar refractivity (Wildman–Crippen MR) is 131 cm³/mol. The van der Waals surface area contributed by atoms with E-state index in [1.165, 1.54) is 25.1 Å². The van der Waals surface area contributed by atoms with E-state index in [2.05, 4.69) is 15.0 Å². The van der Waals surface area contributed by atoms with E-state index < -0.39 is 35.3 Å². The second-order valence-electron chi connectivity index (χ2n) is 8.29. The fraction of sp³-hybridized carbons (Fsp3) is 0.458. The van der Waals surface area contributed by atoms with Crippen LogP contribution >= 0.6 is 0 Å². The maximum Gasteiger partial charge on any atom is 0.407 e. The Morgan fingerprint density at radius 1 is 1.17 bits per heavy atom. The maximum absolute atomic E-state index is 12.8. The van der Waals surface area contributed by atoms with Crippen molar-refractivity contribution in [1.82, 2.24) is 19.8 Å². The molecule has 1 atom stereocenters. The van der Waals surface area contributed by atoms with Crippen LogP contribution in [0.2, 0.25) is 0 Å². The van der Waals surface area contributed by atoms with Gasteiger partial charge in [0.2, 0.25) is 5.91 Å². The van der Waals surface area contributed by atoms with Crippen LogP contribution in [0, 0.1) is 6.92 Å². The average molecular weight is 504 g/mol. The van der Waals surface area contributed by atoms with Crippen molar-refractivity contribution in [3.05, 3.63) is 68.5 Å². The highest BCUT2D eigenvalue weighted by molar-refractivity contribution is 5.82. The summed E-state index contributed by atoms with van der Waals surface area (Å²) < 4.78 is 10.9. The number of nitrogens with two attached hydrogens (primary N) is 1. The quantitative estimate of drug-likeness (QED) is 0.259. The van der Waals surface area contributed by atoms with Crippen molar-refractivity contribution in [2.45, 2.75) is 45.4 Å². The Kier molecular flexibility index (Phi) is 11.4. The van der Waals surface area contributed by atoms with Crippen molar-refractivity contribution < 1.29 is 23.9 Å². The zero-order chi connectivity index (χ0) is 26.5. The lowest BCUT2D eigenvalue weighted by Gasteiger charge is -2.25. The molecule has 12 heteroatoms. The SMILES string of the molecule is COC(=O)CN(CC(N)CCCCNC(=O)OCc1ccccc1)C(=O)Cn1cc(C)c(=O)[nH]c1=O. The smallest absolute Gasteiger partial charge is 0.407 e. The van der Waals surface area contributed by atoms with Crippen LogP contribution in [0.3, 0.4) is 0 Å². The first-order valence-electron chi connectivity index (χ1n) is 11.5. The number of nitrogens with zero attached hydrogens (tertiary/aromatic N) is 2. The minimum absolute atomic E-state index is 0.0670. The number of ether oxygens (including phenoxy) is 2. The molecule has 0 bridgehead atoms. The van der Waals surface area contributed by atoms with Gasteiger partial charge in [-0.25, -0.2) is 9.59 Å². The first-order valence-corrected chi connectivity index (χ1v) is 11.5. The minimum atomic E-state index is -0.726. The molecular weight excluding hydrogens is 470 g/mol. The molecule has 0 saturated heterocycles. The van der Waals surface area contributed by atoms with Crippen molar-refractivity contribution in [3.63, 3.8) is 0 Å². The van der Waals surface area contributed by atoms with E-state index in [0.29, 0.717) is 25.8 Å². The first-order chi connectivity index (χ1) is 17.2. The second-order valence-corrected chi connectivity index (χ2v) is 8.29. The third-order valence-electron chi connectivity index (χ3n) is 5.33. The summed E-state index contributed by atoms with van der Waals surface area (Å²) in [6.07, 6.45) is 2.62. The number of hydrogen-bond acceptors (Lipinski definition) is 8. The van der Waals surface area contributed by atoms with E-state index in [4.69, 9.17) is 10.5 Å². The molecule has 0 aliphatic heterocycles. The lowest BCUT2D eigenvalue weighted by Crippen LogP contribution is -2.46. The number of rotatable bonds is 13. The van der Waals surface area contributed by atoms with Crippen LogP contribution in [0.15, 0.2) is 46.1 Å². The molecule has 1 unspecified atom stereocenters. The Morgan fingerprint density at radius 2 is 1.89 bits per heavy atom. The Hall–Kier alpha value is -3.93. The summed E-state index contributed by atoms with van der Waals surface area (Å²) in [7, 11) is 1.21. The monoisotopic (exact) mass is 503 g/mol. The van der Waals surface area contributed by atoms with E-state index in [1.54, 1.807) is 0 Å². The van der Waals surface area contributed by atoms with E-state index in [-0.39, 0.29) is 31.8 Å². The molecule has 1 aromatic heterocycles. The maximum atomic E-state index is 12.8. The lowest BCUT2D eigenvalue weighted by molar-refractivity contribution is -0.147. The van der Waals surface area contributed by atoms with Gasteiger partial charge in [0.1, 0.15) is 19.7 Å². The lowest BCUT2D eigenvalue weighted by atomic mass is 10.1. The summed E-state index contributed by atoms with van der Waals surface area (Å²) in [4.78, 5) is 63.3. The second kappa shape index (κ2) is 14.5. The van der Waals surface area contributed by atoms with Gasteiger partial charge in [-0.05, 0) is 25.3 Å². The van der Waals surface area contributed by atoms with Crippen LogP contribution in [-0.4, -0.2) is 65.2 Å². The number of H-pyrrole nitrogens is 1. The van der Waals surface area contributed by atoms with Gasteiger partial charge < -0.3 is 25.4 Å². The van der Waals surface area contributed by atoms with Gasteiger partial charge in [0.05, 0.1) is 7.11 Å². The number of hydrogen-bond donors (Lipinski definition) is 3. The van der Waals surface area contributed by atoms with Crippen molar-refractivity contribution in [1.29, 1.82) is 0 Å². The molecule has 196 valence electrons. The minimum Gasteiger partial charge on any atom is -0.468 e. The zero-order valence-corrected chi connectivity index (χ0v) is 20.5. The molecule has 2 aromatic rings. The summed E-state index contributed by atoms with van der Waals surface area (Å²) in [5.41, 5.74) is 6.09. The number of esters is 1. The molecule has 0 aliphatic carbocycles. The summed E-state index contributed by atoms with van der Waals surface area (Å²) in [6, 6.07) is 8.89. The van der Waals surface area contributed by atoms with E-state index in [1.807, 2.05) is 30.3 Å². The summed E-state index contributed by atoms with van der Waals surface area (Å²) in [6.45, 7) is 1.48. The molecule has 0 radical (unpaired) electrons. The standard InChI is InChI=1S/C24H33N5O7/c1-17-12-29(23(33)27-22(17)32)14-20(30)28(15-21(31)35-2)13-19(25)10-6-7-11-26-24(34)36-16-18-8-4-3-5-9-18/h3-5,8-9,12,19H,6-7,10-11,13-16,25H2,1-2H3,(H,26,34)(H,27,32,33). The van der Waals surface area contributed by atoms with Crippen molar-refractivity contribution in [2.24, 2.45) is 5.73 Å². The van der Waals surface area contributed by atoms with Crippen molar-refractivity contribution in [2.75, 3.05) is 26.7 Å². The Balaban J connectivity index is 1.78. The molecule has 2 amide bonds. The number of aromatic nitrogens is 2. The third kappa shape index (κ3) is 9.74. The number of aromatic amines is 1. The van der Waals surface area contributed by atoms with E-state index in [0.717, 1.165) is 10.1 Å². The normalized spacial score (nSPS) is 11.4. The number of carbonyl (C=O) groups is 3. The van der Waals surface area contributed by atoms with Gasteiger partial charge in [-0.1, -0.05) is 36.8 Å². The number of carbonyl (C=O) groups excluding carboxylic acids is 3. The fourth-order valence-corrected chi connectivity index (χ4v) is 3.33. The van der Waals surface area contributed by atoms with Gasteiger partial charge in [-0.3, -0.25) is 23.9 Å². The Labute approximate surface area is 208 Å². The Bertz CT molecular complexity index is 1130. The van der Waals surface area contributed by atoms with Gasteiger partial charge >= 0.3 is 17.8 Å². The summed E-state index contributed by atoms with van der Waals surface area (Å²) >= 11 is 0. The number of aryl methyl sites for hydroxylation is 1. The number of amides is 2. The Morgan fingerprint density at radius 3 is 2.58 bits per heavy atom. The topological polar surface area (TPSA) is 166 Å². The fourth-order valence-electron chi connectivity index (χ4n) is 3.33. The molecule has 0 saturated carbocycles.